The van der Waals surface area contributed by atoms with Crippen LogP contribution in [-0.4, -0.2) is 62.0 Å². The topological polar surface area (TPSA) is 67.9 Å². The smallest absolute Gasteiger partial charge is 0.118 e. The standard InChI is InChI=1S/C42H52O7/c1-5-42(3)41(49-42)26-40-36(45-29-33-18-20-34(43-4)21-19-33)23-30(2)24-38-39(48-40)25-37(46-28-32-15-10-7-11-16-32)35(47-38)17-12-22-44-27-31-13-8-6-9-14-31/h5-21,30,35-41H,1,22-29H2,2-4H3/b17-12+/t30-,35+,36+,37+,38-,39+,40-,41+,42+/m0/s1. The van der Waals surface area contributed by atoms with Crippen molar-refractivity contribution in [1.82, 2.24) is 0 Å². The first-order valence-corrected chi connectivity index (χ1v) is 17.7. The number of benzene rings is 3. The molecule has 3 saturated heterocycles. The Morgan fingerprint density at radius 2 is 1.41 bits per heavy atom. The Balaban J connectivity index is 1.16. The molecule has 0 saturated carbocycles. The molecule has 0 aliphatic carbocycles. The third kappa shape index (κ3) is 9.91. The summed E-state index contributed by atoms with van der Waals surface area (Å²) in [5.74, 6) is 1.20. The minimum atomic E-state index is -0.333. The van der Waals surface area contributed by atoms with E-state index >= 15 is 0 Å². The average Bonchev–Trinajstić information content (AvgIpc) is 3.79. The van der Waals surface area contributed by atoms with Crippen LogP contribution in [0.5, 0.6) is 5.75 Å². The summed E-state index contributed by atoms with van der Waals surface area (Å²) in [6, 6.07) is 28.6. The molecule has 262 valence electrons. The number of methoxy groups -OCH3 is 1. The number of hydrogen-bond acceptors (Lipinski definition) is 7. The highest BCUT2D eigenvalue weighted by atomic mass is 16.6. The molecular weight excluding hydrogens is 616 g/mol. The molecule has 7 heteroatoms. The maximum atomic E-state index is 7.08. The molecule has 7 nitrogen and oxygen atoms in total. The monoisotopic (exact) mass is 668 g/mol. The second kappa shape index (κ2) is 17.1. The Kier molecular flexibility index (Phi) is 12.4. The van der Waals surface area contributed by atoms with E-state index in [4.69, 9.17) is 33.2 Å². The number of epoxide rings is 1. The van der Waals surface area contributed by atoms with Crippen molar-refractivity contribution in [3.63, 3.8) is 0 Å². The van der Waals surface area contributed by atoms with E-state index in [1.807, 2.05) is 54.6 Å². The van der Waals surface area contributed by atoms with Crippen molar-refractivity contribution in [2.24, 2.45) is 5.92 Å². The lowest BCUT2D eigenvalue weighted by Gasteiger charge is -2.45. The Morgan fingerprint density at radius 1 is 0.776 bits per heavy atom. The van der Waals surface area contributed by atoms with Crippen molar-refractivity contribution >= 4 is 0 Å². The third-order valence-corrected chi connectivity index (χ3v) is 10.0. The summed E-state index contributed by atoms with van der Waals surface area (Å²) in [5, 5.41) is 0. The predicted octanol–water partition coefficient (Wildman–Crippen LogP) is 8.01. The van der Waals surface area contributed by atoms with E-state index in [-0.39, 0.29) is 48.3 Å². The largest absolute Gasteiger partial charge is 0.497 e. The Labute approximate surface area is 292 Å². The van der Waals surface area contributed by atoms with Crippen LogP contribution in [-0.2, 0) is 48.2 Å². The molecule has 6 rings (SSSR count). The van der Waals surface area contributed by atoms with Crippen molar-refractivity contribution in [3.05, 3.63) is 126 Å². The normalized spacial score (nSPS) is 31.4. The molecule has 0 amide bonds. The molecule has 0 spiro atoms. The molecule has 3 heterocycles. The number of rotatable bonds is 15. The van der Waals surface area contributed by atoms with Crippen molar-refractivity contribution in [1.29, 1.82) is 0 Å². The molecule has 0 bridgehead atoms. The summed E-state index contributed by atoms with van der Waals surface area (Å²) in [6.45, 7) is 10.5. The van der Waals surface area contributed by atoms with Gasteiger partial charge in [0.2, 0.25) is 0 Å². The molecule has 3 aliphatic rings. The third-order valence-electron chi connectivity index (χ3n) is 10.0. The molecule has 0 N–H and O–H groups in total. The average molecular weight is 669 g/mol. The van der Waals surface area contributed by atoms with E-state index in [9.17, 15) is 0 Å². The van der Waals surface area contributed by atoms with Crippen LogP contribution in [0.25, 0.3) is 0 Å². The highest BCUT2D eigenvalue weighted by Gasteiger charge is 2.52. The molecule has 3 aromatic carbocycles. The van der Waals surface area contributed by atoms with Gasteiger partial charge in [-0.2, -0.15) is 0 Å². The lowest BCUT2D eigenvalue weighted by Crippen LogP contribution is -2.53. The predicted molar refractivity (Wildman–Crippen MR) is 190 cm³/mol. The SMILES string of the molecule is C=C[C@@]1(C)O[C@@H]1C[C@@H]1O[C@@H]2C[C@@H](OCc3ccccc3)[C@@H](/C=C/COCc3ccccc3)O[C@H]2C[C@@H](C)C[C@H]1OCc1ccc(OC)cc1. The van der Waals surface area contributed by atoms with E-state index in [1.165, 1.54) is 0 Å². The molecule has 3 aromatic rings. The molecule has 3 aliphatic heterocycles. The van der Waals surface area contributed by atoms with E-state index < -0.39 is 0 Å². The zero-order valence-electron chi connectivity index (χ0n) is 29.2. The van der Waals surface area contributed by atoms with Crippen LogP contribution < -0.4 is 4.74 Å². The second-order valence-corrected chi connectivity index (χ2v) is 13.9. The first kappa shape index (κ1) is 35.5. The van der Waals surface area contributed by atoms with E-state index in [1.54, 1.807) is 7.11 Å². The summed E-state index contributed by atoms with van der Waals surface area (Å²) in [6.07, 6.45) is 8.43. The summed E-state index contributed by atoms with van der Waals surface area (Å²) >= 11 is 0. The van der Waals surface area contributed by atoms with Crippen molar-refractivity contribution in [2.75, 3.05) is 13.7 Å². The quantitative estimate of drug-likeness (QED) is 0.0924. The van der Waals surface area contributed by atoms with Gasteiger partial charge in [-0.15, -0.1) is 6.58 Å². The molecule has 0 unspecified atom stereocenters. The van der Waals surface area contributed by atoms with Crippen molar-refractivity contribution < 1.29 is 33.2 Å². The van der Waals surface area contributed by atoms with Gasteiger partial charge in [-0.05, 0) is 54.5 Å². The van der Waals surface area contributed by atoms with Gasteiger partial charge in [0.1, 0.15) is 17.5 Å². The zero-order chi connectivity index (χ0) is 34.1. The number of fused-ring (bicyclic) bond motifs is 1. The van der Waals surface area contributed by atoms with Gasteiger partial charge in [-0.3, -0.25) is 0 Å². The molecule has 3 fully saturated rings. The van der Waals surface area contributed by atoms with Crippen LogP contribution >= 0.6 is 0 Å². The molecule has 49 heavy (non-hydrogen) atoms. The lowest BCUT2D eigenvalue weighted by atomic mass is 9.85. The molecule has 9 atom stereocenters. The highest BCUT2D eigenvalue weighted by molar-refractivity contribution is 5.26. The Bertz CT molecular complexity index is 1460. The van der Waals surface area contributed by atoms with E-state index in [2.05, 4.69) is 69.0 Å². The zero-order valence-corrected chi connectivity index (χ0v) is 29.2. The maximum absolute atomic E-state index is 7.08. The first-order valence-electron chi connectivity index (χ1n) is 17.7. The fourth-order valence-corrected chi connectivity index (χ4v) is 6.97. The van der Waals surface area contributed by atoms with E-state index in [0.717, 1.165) is 48.1 Å². The van der Waals surface area contributed by atoms with Crippen molar-refractivity contribution in [2.45, 2.75) is 108 Å². The van der Waals surface area contributed by atoms with Crippen LogP contribution in [0.1, 0.15) is 56.2 Å². The minimum absolute atomic E-state index is 0.0384. The summed E-state index contributed by atoms with van der Waals surface area (Å²) < 4.78 is 44.7. The fourth-order valence-electron chi connectivity index (χ4n) is 6.97. The van der Waals surface area contributed by atoms with Gasteiger partial charge in [-0.25, -0.2) is 0 Å². The van der Waals surface area contributed by atoms with E-state index in [0.29, 0.717) is 32.3 Å². The van der Waals surface area contributed by atoms with Gasteiger partial charge < -0.3 is 33.2 Å². The van der Waals surface area contributed by atoms with Gasteiger partial charge in [0.15, 0.2) is 0 Å². The summed E-state index contributed by atoms with van der Waals surface area (Å²) in [5.41, 5.74) is 3.05. The van der Waals surface area contributed by atoms with Crippen LogP contribution in [0.15, 0.2) is 110 Å². The van der Waals surface area contributed by atoms with Gasteiger partial charge >= 0.3 is 0 Å². The number of ether oxygens (including phenoxy) is 7. The molecule has 0 aromatic heterocycles. The minimum Gasteiger partial charge on any atom is -0.497 e. The molecule has 0 radical (unpaired) electrons. The second-order valence-electron chi connectivity index (χ2n) is 13.9. The van der Waals surface area contributed by atoms with Crippen LogP contribution in [0, 0.1) is 5.92 Å². The van der Waals surface area contributed by atoms with Gasteiger partial charge in [0, 0.05) is 12.8 Å². The van der Waals surface area contributed by atoms with Gasteiger partial charge in [0.05, 0.1) is 70.2 Å². The Morgan fingerprint density at radius 3 is 2.06 bits per heavy atom. The van der Waals surface area contributed by atoms with Crippen LogP contribution in [0.3, 0.4) is 0 Å². The summed E-state index contributed by atoms with van der Waals surface area (Å²) in [4.78, 5) is 0. The fraction of sp³-hybridized carbons (Fsp3) is 0.476. The first-order chi connectivity index (χ1) is 23.9. The van der Waals surface area contributed by atoms with Crippen LogP contribution in [0.2, 0.25) is 0 Å². The highest BCUT2D eigenvalue weighted by Crippen LogP contribution is 2.43. The summed E-state index contributed by atoms with van der Waals surface area (Å²) in [7, 11) is 1.68. The van der Waals surface area contributed by atoms with Crippen molar-refractivity contribution in [3.8, 4) is 5.75 Å². The Hall–Kier alpha value is -3.30. The van der Waals surface area contributed by atoms with Gasteiger partial charge in [0.25, 0.3) is 0 Å². The van der Waals surface area contributed by atoms with Gasteiger partial charge in [-0.1, -0.05) is 97.9 Å². The lowest BCUT2D eigenvalue weighted by molar-refractivity contribution is -0.226. The number of hydrogen-bond donors (Lipinski definition) is 0. The molecular formula is C42H52O7. The van der Waals surface area contributed by atoms with Crippen LogP contribution in [0.4, 0.5) is 0 Å². The maximum Gasteiger partial charge on any atom is 0.118 e.